The smallest absolute Gasteiger partial charge is 0.305 e. The van der Waals surface area contributed by atoms with Crippen molar-refractivity contribution < 1.29 is 24.3 Å². The second kappa shape index (κ2) is 20.7. The van der Waals surface area contributed by atoms with E-state index in [0.29, 0.717) is 6.54 Å². The Hall–Kier alpha value is -5.28. The molecule has 53 heavy (non-hydrogen) atoms. The molecule has 0 radical (unpaired) electrons. The standard InChI is InChI=1S/C44H54N4O5/c1-33(37-17-9-5-10-18-37)45-29-25-41(49)46(34(2)38-19-11-6-12-20-38)30-26-42(50)47(35(3)39-21-13-7-14-22-39)31-27-43(51)48(32-28-44(52)53)36(4)40-23-15-8-16-24-40/h5-24,33-36,45H,25-32H2,1-4H3,(H,52,53)/t33-,34-,35-,36-/m1/s1. The first-order chi connectivity index (χ1) is 25.6. The van der Waals surface area contributed by atoms with Crippen molar-refractivity contribution in [3.8, 4) is 0 Å². The first kappa shape index (κ1) is 40.5. The van der Waals surface area contributed by atoms with Gasteiger partial charge in [0.2, 0.25) is 17.7 Å². The minimum atomic E-state index is -0.983. The van der Waals surface area contributed by atoms with Crippen LogP contribution in [0.5, 0.6) is 0 Å². The van der Waals surface area contributed by atoms with Crippen molar-refractivity contribution in [2.24, 2.45) is 0 Å². The van der Waals surface area contributed by atoms with E-state index in [1.165, 1.54) is 0 Å². The van der Waals surface area contributed by atoms with Gasteiger partial charge in [-0.2, -0.15) is 0 Å². The lowest BCUT2D eigenvalue weighted by atomic mass is 10.0. The first-order valence-electron chi connectivity index (χ1n) is 18.6. The van der Waals surface area contributed by atoms with Crippen LogP contribution in [0.3, 0.4) is 0 Å². The minimum absolute atomic E-state index is 0.0219. The van der Waals surface area contributed by atoms with Gasteiger partial charge in [0.1, 0.15) is 0 Å². The Balaban J connectivity index is 1.50. The second-order valence-corrected chi connectivity index (χ2v) is 13.5. The van der Waals surface area contributed by atoms with Crippen LogP contribution < -0.4 is 5.32 Å². The third-order valence-corrected chi connectivity index (χ3v) is 10.00. The predicted molar refractivity (Wildman–Crippen MR) is 209 cm³/mol. The fourth-order valence-electron chi connectivity index (χ4n) is 6.67. The van der Waals surface area contributed by atoms with Crippen molar-refractivity contribution in [1.82, 2.24) is 20.0 Å². The molecule has 0 aromatic heterocycles. The van der Waals surface area contributed by atoms with E-state index in [2.05, 4.69) is 24.4 Å². The molecule has 4 atom stereocenters. The van der Waals surface area contributed by atoms with Gasteiger partial charge in [-0.1, -0.05) is 121 Å². The monoisotopic (exact) mass is 718 g/mol. The summed E-state index contributed by atoms with van der Waals surface area (Å²) in [5.74, 6) is -1.43. The number of carbonyl (C=O) groups is 4. The summed E-state index contributed by atoms with van der Waals surface area (Å²) < 4.78 is 0. The van der Waals surface area contributed by atoms with E-state index in [0.717, 1.165) is 22.3 Å². The van der Waals surface area contributed by atoms with Crippen LogP contribution in [0, 0.1) is 0 Å². The van der Waals surface area contributed by atoms with Crippen molar-refractivity contribution in [3.05, 3.63) is 144 Å². The third kappa shape index (κ3) is 12.1. The van der Waals surface area contributed by atoms with Crippen LogP contribution in [0.4, 0.5) is 0 Å². The lowest BCUT2D eigenvalue weighted by Crippen LogP contribution is -2.42. The molecule has 0 aliphatic heterocycles. The second-order valence-electron chi connectivity index (χ2n) is 13.5. The van der Waals surface area contributed by atoms with Gasteiger partial charge in [-0.15, -0.1) is 0 Å². The molecule has 280 valence electrons. The summed E-state index contributed by atoms with van der Waals surface area (Å²) in [6, 6.07) is 38.2. The van der Waals surface area contributed by atoms with Gasteiger partial charge < -0.3 is 25.1 Å². The van der Waals surface area contributed by atoms with E-state index in [-0.39, 0.29) is 87.2 Å². The first-order valence-corrected chi connectivity index (χ1v) is 18.6. The highest BCUT2D eigenvalue weighted by Crippen LogP contribution is 2.26. The van der Waals surface area contributed by atoms with E-state index in [4.69, 9.17) is 0 Å². The van der Waals surface area contributed by atoms with E-state index >= 15 is 0 Å². The van der Waals surface area contributed by atoms with Crippen LogP contribution in [0.1, 0.15) is 99.8 Å². The molecular formula is C44H54N4O5. The van der Waals surface area contributed by atoms with Crippen LogP contribution in [0.2, 0.25) is 0 Å². The number of hydrogen-bond acceptors (Lipinski definition) is 5. The van der Waals surface area contributed by atoms with Gasteiger partial charge in [0.25, 0.3) is 0 Å². The maximum absolute atomic E-state index is 14.2. The molecule has 0 saturated heterocycles. The molecule has 0 saturated carbocycles. The normalized spacial score (nSPS) is 13.3. The fraction of sp³-hybridized carbons (Fsp3) is 0.364. The number of carbonyl (C=O) groups excluding carboxylic acids is 3. The molecule has 0 unspecified atom stereocenters. The largest absolute Gasteiger partial charge is 0.481 e. The molecule has 0 fully saturated rings. The van der Waals surface area contributed by atoms with E-state index in [1.54, 1.807) is 14.7 Å². The number of nitrogens with one attached hydrogen (secondary N) is 1. The van der Waals surface area contributed by atoms with Crippen LogP contribution in [0.25, 0.3) is 0 Å². The zero-order valence-corrected chi connectivity index (χ0v) is 31.4. The van der Waals surface area contributed by atoms with Crippen molar-refractivity contribution >= 4 is 23.7 Å². The highest BCUT2D eigenvalue weighted by Gasteiger charge is 2.28. The van der Waals surface area contributed by atoms with Crippen molar-refractivity contribution in [1.29, 1.82) is 0 Å². The lowest BCUT2D eigenvalue weighted by Gasteiger charge is -2.34. The number of carboxylic acids is 1. The molecule has 0 aliphatic carbocycles. The average Bonchev–Trinajstić information content (AvgIpc) is 3.19. The molecule has 3 amide bonds. The summed E-state index contributed by atoms with van der Waals surface area (Å²) in [6.45, 7) is 8.79. The maximum atomic E-state index is 14.2. The van der Waals surface area contributed by atoms with Crippen LogP contribution in [-0.4, -0.2) is 69.7 Å². The van der Waals surface area contributed by atoms with Gasteiger partial charge in [-0.25, -0.2) is 0 Å². The van der Waals surface area contributed by atoms with Gasteiger partial charge in [-0.05, 0) is 49.9 Å². The lowest BCUT2D eigenvalue weighted by molar-refractivity contribution is -0.139. The SMILES string of the molecule is C[C@H](c1ccccc1)N(CCC(=O)O)C(=O)CCN(C(=O)CCN(C(=O)CCN[C@H](C)c1ccccc1)[C@H](C)c1ccccc1)[C@H](C)c1ccccc1. The number of carboxylic acid groups (broad SMARTS) is 1. The number of hydrogen-bond donors (Lipinski definition) is 2. The average molecular weight is 719 g/mol. The van der Waals surface area contributed by atoms with Crippen LogP contribution in [0.15, 0.2) is 121 Å². The number of rotatable bonds is 20. The Kier molecular flexibility index (Phi) is 15.8. The predicted octanol–water partition coefficient (Wildman–Crippen LogP) is 7.75. The third-order valence-electron chi connectivity index (χ3n) is 10.00. The zero-order valence-electron chi connectivity index (χ0n) is 31.4. The highest BCUT2D eigenvalue weighted by molar-refractivity contribution is 5.81. The Morgan fingerprint density at radius 3 is 1.11 bits per heavy atom. The quantitative estimate of drug-likeness (QED) is 0.0968. The van der Waals surface area contributed by atoms with Gasteiger partial charge in [0.05, 0.1) is 24.5 Å². The van der Waals surface area contributed by atoms with E-state index in [9.17, 15) is 24.3 Å². The summed E-state index contributed by atoms with van der Waals surface area (Å²) >= 11 is 0. The van der Waals surface area contributed by atoms with E-state index in [1.807, 2.05) is 130 Å². The molecule has 0 spiro atoms. The maximum Gasteiger partial charge on any atom is 0.305 e. The summed E-state index contributed by atoms with van der Waals surface area (Å²) in [6.07, 6.45) is 0.183. The molecule has 4 aromatic carbocycles. The molecule has 4 rings (SSSR count). The molecule has 2 N–H and O–H groups in total. The topological polar surface area (TPSA) is 110 Å². The summed E-state index contributed by atoms with van der Waals surface area (Å²) in [5, 5.41) is 12.9. The Labute approximate surface area is 314 Å². The molecule has 0 aliphatic rings. The molecule has 0 bridgehead atoms. The van der Waals surface area contributed by atoms with Gasteiger partial charge in [0, 0.05) is 51.5 Å². The van der Waals surface area contributed by atoms with Gasteiger partial charge in [0.15, 0.2) is 0 Å². The molecule has 0 heterocycles. The van der Waals surface area contributed by atoms with Gasteiger partial charge >= 0.3 is 5.97 Å². The van der Waals surface area contributed by atoms with Crippen molar-refractivity contribution in [3.63, 3.8) is 0 Å². The van der Waals surface area contributed by atoms with Gasteiger partial charge in [-0.3, -0.25) is 19.2 Å². The zero-order chi connectivity index (χ0) is 38.2. The number of aliphatic carboxylic acids is 1. The van der Waals surface area contributed by atoms with Crippen molar-refractivity contribution in [2.45, 2.75) is 77.5 Å². The minimum Gasteiger partial charge on any atom is -0.481 e. The summed E-state index contributed by atoms with van der Waals surface area (Å²) in [4.78, 5) is 58.5. The number of benzene rings is 4. The molecule has 9 nitrogen and oxygen atoms in total. The number of amides is 3. The number of nitrogens with zero attached hydrogens (tertiary/aromatic N) is 3. The molecular weight excluding hydrogens is 665 g/mol. The molecule has 9 heteroatoms. The summed E-state index contributed by atoms with van der Waals surface area (Å²) in [7, 11) is 0. The Morgan fingerprint density at radius 1 is 0.472 bits per heavy atom. The highest BCUT2D eigenvalue weighted by atomic mass is 16.4. The van der Waals surface area contributed by atoms with Crippen molar-refractivity contribution in [2.75, 3.05) is 26.2 Å². The fourth-order valence-corrected chi connectivity index (χ4v) is 6.67. The van der Waals surface area contributed by atoms with E-state index < -0.39 is 5.97 Å². The Bertz CT molecular complexity index is 1720. The summed E-state index contributed by atoms with van der Waals surface area (Å²) in [5.41, 5.74) is 3.95. The van der Waals surface area contributed by atoms with Crippen LogP contribution >= 0.6 is 0 Å². The van der Waals surface area contributed by atoms with Crippen LogP contribution in [-0.2, 0) is 19.2 Å². The molecule has 4 aromatic rings. The Morgan fingerprint density at radius 2 is 0.774 bits per heavy atom.